The van der Waals surface area contributed by atoms with Crippen LogP contribution in [-0.4, -0.2) is 59.9 Å². The molecule has 0 saturated carbocycles. The second-order valence-corrected chi connectivity index (χ2v) is 9.93. The van der Waals surface area contributed by atoms with Gasteiger partial charge in [-0.05, 0) is 89.1 Å². The zero-order chi connectivity index (χ0) is 27.2. The van der Waals surface area contributed by atoms with Gasteiger partial charge in [-0.15, -0.1) is 0 Å². The average molecular weight is 523 g/mol. The molecule has 0 aliphatic heterocycles. The monoisotopic (exact) mass is 522 g/mol. The molecule has 3 N–H and O–H groups in total. The summed E-state index contributed by atoms with van der Waals surface area (Å²) >= 11 is 0. The van der Waals surface area contributed by atoms with Gasteiger partial charge in [0, 0.05) is 38.6 Å². The van der Waals surface area contributed by atoms with Gasteiger partial charge < -0.3 is 20.1 Å². The molecule has 200 valence electrons. The molecular formula is C32H34N4O3. The lowest BCUT2D eigenvalue weighted by molar-refractivity contribution is -0.123. The summed E-state index contributed by atoms with van der Waals surface area (Å²) in [4.78, 5) is 13.1. The van der Waals surface area contributed by atoms with Gasteiger partial charge in [-0.1, -0.05) is 30.3 Å². The maximum absolute atomic E-state index is 11.6. The maximum Gasteiger partial charge on any atom is 0.245 e. The van der Waals surface area contributed by atoms with Crippen LogP contribution >= 0.6 is 0 Å². The zero-order valence-electron chi connectivity index (χ0n) is 22.4. The van der Waals surface area contributed by atoms with Crippen LogP contribution in [0.5, 0.6) is 11.5 Å². The predicted octanol–water partition coefficient (Wildman–Crippen LogP) is 5.18. The summed E-state index contributed by atoms with van der Waals surface area (Å²) in [6, 6.07) is 20.4. The lowest BCUT2D eigenvalue weighted by Gasteiger charge is -2.17. The second-order valence-electron chi connectivity index (χ2n) is 9.93. The van der Waals surface area contributed by atoms with Gasteiger partial charge in [0.25, 0.3) is 0 Å². The SMILES string of the molecule is CN(C)C(=O)/C=C/CNCCOc1ccc(C2=C(c3ccc4[nH]ncc4c3)CCCc3cc(O)ccc32)cc1. The number of carbonyl (C=O) groups excluding carboxylic acids is 1. The summed E-state index contributed by atoms with van der Waals surface area (Å²) in [5, 5.41) is 21.8. The minimum atomic E-state index is -0.0264. The summed E-state index contributed by atoms with van der Waals surface area (Å²) in [5.41, 5.74) is 8.14. The van der Waals surface area contributed by atoms with E-state index in [0.29, 0.717) is 25.4 Å². The third-order valence-electron chi connectivity index (χ3n) is 6.98. The van der Waals surface area contributed by atoms with Crippen LogP contribution in [0.15, 0.2) is 79.0 Å². The number of aromatic nitrogens is 2. The van der Waals surface area contributed by atoms with Gasteiger partial charge in [0.1, 0.15) is 18.1 Å². The number of fused-ring (bicyclic) bond motifs is 2. The number of aromatic amines is 1. The Morgan fingerprint density at radius 1 is 1.08 bits per heavy atom. The Balaban J connectivity index is 1.36. The topological polar surface area (TPSA) is 90.5 Å². The Kier molecular flexibility index (Phi) is 8.08. The van der Waals surface area contributed by atoms with Crippen LogP contribution < -0.4 is 10.1 Å². The van der Waals surface area contributed by atoms with Gasteiger partial charge in [-0.3, -0.25) is 9.89 Å². The van der Waals surface area contributed by atoms with Crippen molar-refractivity contribution in [2.75, 3.05) is 33.8 Å². The fraction of sp³-hybridized carbons (Fsp3) is 0.250. The van der Waals surface area contributed by atoms with Gasteiger partial charge in [-0.2, -0.15) is 5.10 Å². The average Bonchev–Trinajstić information content (AvgIpc) is 3.33. The summed E-state index contributed by atoms with van der Waals surface area (Å²) in [6.07, 6.45) is 8.10. The number of benzene rings is 3. The number of rotatable bonds is 9. The normalized spacial score (nSPS) is 13.5. The number of likely N-dealkylation sites (N-methyl/N-ethyl adjacent to an activating group) is 1. The van der Waals surface area contributed by atoms with E-state index < -0.39 is 0 Å². The highest BCUT2D eigenvalue weighted by Gasteiger charge is 2.21. The molecule has 7 heteroatoms. The highest BCUT2D eigenvalue weighted by molar-refractivity contribution is 6.01. The van der Waals surface area contributed by atoms with Crippen molar-refractivity contribution in [3.63, 3.8) is 0 Å². The van der Waals surface area contributed by atoms with Crippen LogP contribution in [0.2, 0.25) is 0 Å². The number of allylic oxidation sites excluding steroid dienone is 1. The minimum Gasteiger partial charge on any atom is -0.508 e. The van der Waals surface area contributed by atoms with Crippen molar-refractivity contribution >= 4 is 28.0 Å². The van der Waals surface area contributed by atoms with E-state index >= 15 is 0 Å². The van der Waals surface area contributed by atoms with Crippen molar-refractivity contribution < 1.29 is 14.6 Å². The summed E-state index contributed by atoms with van der Waals surface area (Å²) in [7, 11) is 3.46. The fourth-order valence-electron chi connectivity index (χ4n) is 4.98. The molecule has 0 bridgehead atoms. The van der Waals surface area contributed by atoms with E-state index in [0.717, 1.165) is 52.6 Å². The van der Waals surface area contributed by atoms with Crippen LogP contribution in [0.1, 0.15) is 35.1 Å². The molecule has 39 heavy (non-hydrogen) atoms. The standard InChI is InChI=1S/C32H34N4O3/c1-36(2)31(38)7-4-16-33-17-18-39-27-12-8-22(9-13-27)32-28(24-10-15-30-25(19-24)21-34-35-30)6-3-5-23-20-26(37)11-14-29(23)32/h4,7-15,19-21,33,37H,3,5-6,16-18H2,1-2H3,(H,34,35)/b7-4+. The van der Waals surface area contributed by atoms with Crippen LogP contribution in [-0.2, 0) is 11.2 Å². The van der Waals surface area contributed by atoms with Crippen LogP contribution in [0.4, 0.5) is 0 Å². The molecule has 0 saturated heterocycles. The van der Waals surface area contributed by atoms with Crippen LogP contribution in [0.3, 0.4) is 0 Å². The van der Waals surface area contributed by atoms with Gasteiger partial charge in [0.2, 0.25) is 5.91 Å². The number of H-pyrrole nitrogens is 1. The van der Waals surface area contributed by atoms with E-state index in [1.807, 2.05) is 36.5 Å². The number of nitrogens with one attached hydrogen (secondary N) is 2. The number of amides is 1. The van der Waals surface area contributed by atoms with Crippen molar-refractivity contribution in [3.05, 3.63) is 101 Å². The van der Waals surface area contributed by atoms with Crippen molar-refractivity contribution in [1.82, 2.24) is 20.4 Å². The Hall–Kier alpha value is -4.36. The van der Waals surface area contributed by atoms with E-state index in [2.05, 4.69) is 45.8 Å². The van der Waals surface area contributed by atoms with E-state index in [4.69, 9.17) is 4.74 Å². The molecule has 4 aromatic rings. The molecular weight excluding hydrogens is 488 g/mol. The van der Waals surface area contributed by atoms with Crippen molar-refractivity contribution in [1.29, 1.82) is 0 Å². The Labute approximate surface area is 228 Å². The van der Waals surface area contributed by atoms with Crippen LogP contribution in [0.25, 0.3) is 22.0 Å². The molecule has 0 radical (unpaired) electrons. The molecule has 1 aliphatic rings. The van der Waals surface area contributed by atoms with Gasteiger partial charge in [0.15, 0.2) is 0 Å². The molecule has 7 nitrogen and oxygen atoms in total. The third kappa shape index (κ3) is 6.21. The van der Waals surface area contributed by atoms with Crippen molar-refractivity contribution in [3.8, 4) is 11.5 Å². The van der Waals surface area contributed by atoms with Crippen molar-refractivity contribution in [2.24, 2.45) is 0 Å². The number of phenolic OH excluding ortho intramolecular Hbond substituents is 1. The number of aromatic hydroxyl groups is 1. The highest BCUT2D eigenvalue weighted by atomic mass is 16.5. The predicted molar refractivity (Wildman–Crippen MR) is 156 cm³/mol. The van der Waals surface area contributed by atoms with E-state index in [1.165, 1.54) is 21.6 Å². The molecule has 0 atom stereocenters. The first-order valence-corrected chi connectivity index (χ1v) is 13.3. The Bertz CT molecular complexity index is 1520. The second kappa shape index (κ2) is 12.0. The molecule has 0 fully saturated rings. The number of hydrogen-bond donors (Lipinski definition) is 3. The smallest absolute Gasteiger partial charge is 0.245 e. The number of nitrogens with zero attached hydrogens (tertiary/aromatic N) is 2. The molecule has 0 unspecified atom stereocenters. The molecule has 0 spiro atoms. The zero-order valence-corrected chi connectivity index (χ0v) is 22.4. The Morgan fingerprint density at radius 3 is 2.72 bits per heavy atom. The Morgan fingerprint density at radius 2 is 1.90 bits per heavy atom. The first-order valence-electron chi connectivity index (χ1n) is 13.3. The van der Waals surface area contributed by atoms with Crippen LogP contribution in [0, 0.1) is 0 Å². The molecule has 1 amide bonds. The summed E-state index contributed by atoms with van der Waals surface area (Å²) in [6.45, 7) is 1.80. The van der Waals surface area contributed by atoms with E-state index in [-0.39, 0.29) is 5.91 Å². The van der Waals surface area contributed by atoms with Gasteiger partial charge >= 0.3 is 0 Å². The first-order chi connectivity index (χ1) is 19.0. The van der Waals surface area contributed by atoms with Gasteiger partial charge in [0.05, 0.1) is 11.7 Å². The minimum absolute atomic E-state index is 0.0264. The third-order valence-corrected chi connectivity index (χ3v) is 6.98. The molecule has 1 heterocycles. The lowest BCUT2D eigenvalue weighted by Crippen LogP contribution is -2.22. The molecule has 3 aromatic carbocycles. The quantitative estimate of drug-likeness (QED) is 0.208. The molecule has 1 aromatic heterocycles. The van der Waals surface area contributed by atoms with Gasteiger partial charge in [-0.25, -0.2) is 0 Å². The van der Waals surface area contributed by atoms with E-state index in [9.17, 15) is 9.90 Å². The number of phenols is 1. The molecule has 5 rings (SSSR count). The summed E-state index contributed by atoms with van der Waals surface area (Å²) < 4.78 is 5.95. The maximum atomic E-state index is 11.6. The number of ether oxygens (including phenoxy) is 1. The highest BCUT2D eigenvalue weighted by Crippen LogP contribution is 2.41. The molecule has 1 aliphatic carbocycles. The van der Waals surface area contributed by atoms with E-state index in [1.54, 1.807) is 26.2 Å². The number of carbonyl (C=O) groups is 1. The number of aryl methyl sites for hydroxylation is 1. The first kappa shape index (κ1) is 26.3. The fourth-order valence-corrected chi connectivity index (χ4v) is 4.98. The summed E-state index contributed by atoms with van der Waals surface area (Å²) in [5.74, 6) is 1.08. The lowest BCUT2D eigenvalue weighted by atomic mass is 9.87. The largest absolute Gasteiger partial charge is 0.508 e. The van der Waals surface area contributed by atoms with Crippen molar-refractivity contribution in [2.45, 2.75) is 19.3 Å². The number of hydrogen-bond acceptors (Lipinski definition) is 5.